The molecule has 302 valence electrons. The van der Waals surface area contributed by atoms with Crippen LogP contribution in [0.25, 0.3) is 11.0 Å². The summed E-state index contributed by atoms with van der Waals surface area (Å²) in [5.74, 6) is -1.55. The molecule has 4 amide bonds. The van der Waals surface area contributed by atoms with Crippen LogP contribution in [0.15, 0.2) is 30.9 Å². The van der Waals surface area contributed by atoms with Crippen molar-refractivity contribution in [2.45, 2.75) is 131 Å². The summed E-state index contributed by atoms with van der Waals surface area (Å²) in [5.41, 5.74) is -0.322. The number of fused-ring (bicyclic) bond motifs is 5. The zero-order valence-corrected chi connectivity index (χ0v) is 32.9. The maximum absolute atomic E-state index is 14.8. The van der Waals surface area contributed by atoms with Crippen molar-refractivity contribution in [1.82, 2.24) is 30.2 Å². The first-order valence-electron chi connectivity index (χ1n) is 20.1. The quantitative estimate of drug-likeness (QED) is 0.329. The van der Waals surface area contributed by atoms with Crippen molar-refractivity contribution in [3.63, 3.8) is 0 Å². The molecule has 1 aromatic heterocycles. The highest BCUT2D eigenvalue weighted by molar-refractivity contribution is 7.91. The van der Waals surface area contributed by atoms with Crippen LogP contribution >= 0.6 is 0 Å². The molecule has 1 saturated heterocycles. The highest BCUT2D eigenvalue weighted by Crippen LogP contribution is 2.50. The van der Waals surface area contributed by atoms with Crippen LogP contribution in [0.2, 0.25) is 0 Å². The summed E-state index contributed by atoms with van der Waals surface area (Å²) in [5, 5.41) is 5.13. The van der Waals surface area contributed by atoms with Crippen molar-refractivity contribution in [2.24, 2.45) is 17.8 Å². The van der Waals surface area contributed by atoms with Crippen LogP contribution in [0.4, 0.5) is 4.79 Å². The lowest BCUT2D eigenvalue weighted by molar-refractivity contribution is -0.142. The van der Waals surface area contributed by atoms with Gasteiger partial charge in [0.1, 0.15) is 46.3 Å². The Morgan fingerprint density at radius 2 is 1.82 bits per heavy atom. The van der Waals surface area contributed by atoms with Gasteiger partial charge in [0.2, 0.25) is 27.7 Å². The van der Waals surface area contributed by atoms with Gasteiger partial charge in [-0.3, -0.25) is 19.1 Å². The molecular formula is C40H52N6O9S. The molecule has 2 aromatic rings. The van der Waals surface area contributed by atoms with Crippen molar-refractivity contribution in [1.29, 1.82) is 0 Å². The van der Waals surface area contributed by atoms with Crippen LogP contribution in [0.5, 0.6) is 11.6 Å². The number of carbonyl (C=O) groups excluding carboxylic acids is 4. The minimum absolute atomic E-state index is 0.0120. The predicted octanol–water partition coefficient (Wildman–Crippen LogP) is 3.84. The average Bonchev–Trinajstić information content (AvgIpc) is 4.12. The number of aromatic nitrogens is 2. The number of ether oxygens (including phenoxy) is 3. The summed E-state index contributed by atoms with van der Waals surface area (Å²) in [7, 11) is -2.34. The SMILES string of the molecule is C=C[C@@H]1C[C@]1(NC(=O)C1CC2CN1C(=O)C(C1CCCC1)NC(=O)OC1(C)CC1CCCCCc1nc3cccc(OC)c3nc1O2)C(=O)NS(=O)(=O)C1CC1. The number of methoxy groups -OCH3 is 1. The molecule has 0 spiro atoms. The Hall–Kier alpha value is -4.47. The van der Waals surface area contributed by atoms with Gasteiger partial charge in [-0.1, -0.05) is 37.8 Å². The Morgan fingerprint density at radius 3 is 2.54 bits per heavy atom. The molecule has 3 N–H and O–H groups in total. The van der Waals surface area contributed by atoms with Gasteiger partial charge < -0.3 is 29.7 Å². The minimum Gasteiger partial charge on any atom is -0.494 e. The third-order valence-electron chi connectivity index (χ3n) is 12.8. The first kappa shape index (κ1) is 38.4. The number of amides is 4. The van der Waals surface area contributed by atoms with Gasteiger partial charge in [0.25, 0.3) is 5.91 Å². The van der Waals surface area contributed by atoms with Gasteiger partial charge in [-0.2, -0.15) is 0 Å². The molecule has 1 aromatic carbocycles. The fraction of sp³-hybridized carbons (Fsp3) is 0.650. The summed E-state index contributed by atoms with van der Waals surface area (Å²) in [6, 6.07) is 3.44. The zero-order valence-electron chi connectivity index (χ0n) is 32.1. The van der Waals surface area contributed by atoms with E-state index in [9.17, 15) is 27.6 Å². The van der Waals surface area contributed by atoms with Crippen LogP contribution < -0.4 is 24.8 Å². The van der Waals surface area contributed by atoms with Crippen molar-refractivity contribution < 1.29 is 41.8 Å². The third-order valence-corrected chi connectivity index (χ3v) is 14.7. The standard InChI is InChI=1S/C40H52N6O9S/c1-4-24-21-40(24,37(49)45-56(51,52)27-17-18-27)44-34(47)30-19-26-22-46(30)36(48)32(23-11-8-9-12-23)43-38(50)55-39(2)20-25(39)13-6-5-7-14-29-35(54-26)42-33-28(41-29)15-10-16-31(33)53-3/h4,10,15-16,23-27,30,32H,1,5-9,11-14,17-22H2,2-3H3,(H,43,50)(H,44,47)(H,45,49)/t24-,25?,26?,30?,32?,39?,40-/m1/s1. The molecule has 0 radical (unpaired) electrons. The van der Waals surface area contributed by atoms with Gasteiger partial charge in [-0.05, 0) is 82.8 Å². The van der Waals surface area contributed by atoms with Gasteiger partial charge in [0.05, 0.1) is 24.4 Å². The molecule has 2 bridgehead atoms. The lowest BCUT2D eigenvalue weighted by atomic mass is 9.96. The monoisotopic (exact) mass is 792 g/mol. The Kier molecular flexibility index (Phi) is 10.1. The lowest BCUT2D eigenvalue weighted by Crippen LogP contribution is -2.59. The van der Waals surface area contributed by atoms with Crippen LogP contribution in [0, 0.1) is 17.8 Å². The zero-order chi connectivity index (χ0) is 39.4. The summed E-state index contributed by atoms with van der Waals surface area (Å²) < 4.78 is 46.0. The highest BCUT2D eigenvalue weighted by Gasteiger charge is 2.62. The number of sulfonamides is 1. The molecule has 4 aliphatic carbocycles. The Bertz CT molecular complexity index is 2040. The highest BCUT2D eigenvalue weighted by atomic mass is 32.2. The van der Waals surface area contributed by atoms with E-state index in [1.807, 2.05) is 19.1 Å². The van der Waals surface area contributed by atoms with Crippen molar-refractivity contribution in [3.8, 4) is 11.6 Å². The summed E-state index contributed by atoms with van der Waals surface area (Å²) in [4.78, 5) is 67.7. The van der Waals surface area contributed by atoms with Gasteiger partial charge in [0.15, 0.2) is 0 Å². The number of para-hydroxylation sites is 1. The molecule has 6 aliphatic rings. The summed E-state index contributed by atoms with van der Waals surface area (Å²) >= 11 is 0. The molecule has 16 heteroatoms. The van der Waals surface area contributed by atoms with E-state index in [0.717, 1.165) is 57.8 Å². The number of hydrogen-bond donors (Lipinski definition) is 3. The van der Waals surface area contributed by atoms with E-state index < -0.39 is 74.3 Å². The normalized spacial score (nSPS) is 32.4. The molecule has 5 unspecified atom stereocenters. The third kappa shape index (κ3) is 7.52. The molecule has 3 heterocycles. The van der Waals surface area contributed by atoms with Gasteiger partial charge in [-0.15, -0.1) is 6.58 Å². The smallest absolute Gasteiger partial charge is 0.408 e. The van der Waals surface area contributed by atoms with Crippen molar-refractivity contribution in [3.05, 3.63) is 36.5 Å². The van der Waals surface area contributed by atoms with E-state index in [1.54, 1.807) is 13.2 Å². The van der Waals surface area contributed by atoms with Gasteiger partial charge in [0, 0.05) is 18.3 Å². The van der Waals surface area contributed by atoms with E-state index in [0.29, 0.717) is 47.6 Å². The van der Waals surface area contributed by atoms with E-state index in [2.05, 4.69) is 21.9 Å². The molecule has 4 saturated carbocycles. The first-order chi connectivity index (χ1) is 26.8. The number of aryl methyl sites for hydroxylation is 1. The second-order valence-electron chi connectivity index (χ2n) is 16.8. The number of nitrogens with zero attached hydrogens (tertiary/aromatic N) is 3. The summed E-state index contributed by atoms with van der Waals surface area (Å²) in [6.45, 7) is 5.73. The Morgan fingerprint density at radius 1 is 1.05 bits per heavy atom. The van der Waals surface area contributed by atoms with E-state index in [4.69, 9.17) is 24.2 Å². The second kappa shape index (κ2) is 14.8. The number of rotatable bonds is 8. The minimum atomic E-state index is -3.90. The molecule has 7 atom stereocenters. The molecular weight excluding hydrogens is 741 g/mol. The maximum atomic E-state index is 14.8. The van der Waals surface area contributed by atoms with Crippen molar-refractivity contribution in [2.75, 3.05) is 13.7 Å². The predicted molar refractivity (Wildman–Crippen MR) is 204 cm³/mol. The topological polar surface area (TPSA) is 195 Å². The largest absolute Gasteiger partial charge is 0.494 e. The number of hydrogen-bond acceptors (Lipinski definition) is 11. The van der Waals surface area contributed by atoms with Crippen LogP contribution in [0.3, 0.4) is 0 Å². The number of nitrogens with one attached hydrogen (secondary N) is 3. The number of carbonyl (C=O) groups is 4. The van der Waals surface area contributed by atoms with Crippen molar-refractivity contribution >= 4 is 44.9 Å². The molecule has 8 rings (SSSR count). The Balaban J connectivity index is 1.13. The van der Waals surface area contributed by atoms with E-state index >= 15 is 0 Å². The van der Waals surface area contributed by atoms with E-state index in [1.165, 1.54) is 11.0 Å². The average molecular weight is 793 g/mol. The van der Waals surface area contributed by atoms with E-state index in [-0.39, 0.29) is 31.2 Å². The van der Waals surface area contributed by atoms with Crippen LogP contribution in [0.1, 0.15) is 96.1 Å². The number of benzene rings is 1. The molecule has 56 heavy (non-hydrogen) atoms. The molecule has 15 nitrogen and oxygen atoms in total. The van der Waals surface area contributed by atoms with Crippen LogP contribution in [-0.4, -0.2) is 95.3 Å². The first-order valence-corrected chi connectivity index (χ1v) is 21.7. The molecule has 5 fully saturated rings. The molecule has 2 aliphatic heterocycles. The van der Waals surface area contributed by atoms with Gasteiger partial charge >= 0.3 is 6.09 Å². The lowest BCUT2D eigenvalue weighted by Gasteiger charge is -2.32. The fourth-order valence-electron chi connectivity index (χ4n) is 9.09. The van der Waals surface area contributed by atoms with Gasteiger partial charge in [-0.25, -0.2) is 23.2 Å². The number of alkyl carbamates (subject to hydrolysis) is 1. The fourth-order valence-corrected chi connectivity index (χ4v) is 10.5. The Labute approximate surface area is 327 Å². The summed E-state index contributed by atoms with van der Waals surface area (Å²) in [6.07, 6.45) is 9.46. The second-order valence-corrected chi connectivity index (χ2v) is 18.8. The van der Waals surface area contributed by atoms with Crippen LogP contribution in [-0.2, 0) is 35.6 Å². The maximum Gasteiger partial charge on any atom is 0.408 e.